The van der Waals surface area contributed by atoms with E-state index in [4.69, 9.17) is 15.2 Å². The number of morpholine rings is 1. The fraction of sp³-hybridized carbons (Fsp3) is 0.588. The predicted molar refractivity (Wildman–Crippen MR) is 83.3 cm³/mol. The van der Waals surface area contributed by atoms with Crippen molar-refractivity contribution in [2.75, 3.05) is 20.3 Å². The number of carbonyl (C=O) groups is 1. The first kappa shape index (κ1) is 15.5. The summed E-state index contributed by atoms with van der Waals surface area (Å²) in [4.78, 5) is 14.8. The third kappa shape index (κ3) is 3.02. The molecule has 1 aliphatic heterocycles. The van der Waals surface area contributed by atoms with Crippen LogP contribution in [0.4, 0.5) is 0 Å². The molecule has 2 aliphatic rings. The zero-order valence-electron chi connectivity index (χ0n) is 13.0. The number of fused-ring (bicyclic) bond motifs is 1. The first-order valence-electron chi connectivity index (χ1n) is 7.96. The van der Waals surface area contributed by atoms with Crippen LogP contribution in [-0.4, -0.2) is 49.3 Å². The van der Waals surface area contributed by atoms with Crippen molar-refractivity contribution >= 4 is 5.91 Å². The number of nitrogens with zero attached hydrogens (tertiary/aromatic N) is 1. The zero-order valence-corrected chi connectivity index (χ0v) is 13.0. The van der Waals surface area contributed by atoms with Gasteiger partial charge in [0.2, 0.25) is 5.91 Å². The molecule has 120 valence electrons. The molecule has 0 spiro atoms. The summed E-state index contributed by atoms with van der Waals surface area (Å²) in [6.07, 6.45) is 3.07. The lowest BCUT2D eigenvalue weighted by molar-refractivity contribution is -0.156. The normalized spacial score (nSPS) is 29.7. The third-order valence-corrected chi connectivity index (χ3v) is 4.81. The summed E-state index contributed by atoms with van der Waals surface area (Å²) >= 11 is 0. The number of amides is 1. The van der Waals surface area contributed by atoms with Gasteiger partial charge in [0.1, 0.15) is 6.04 Å². The Hall–Kier alpha value is -1.43. The van der Waals surface area contributed by atoms with Crippen molar-refractivity contribution in [3.05, 3.63) is 35.9 Å². The summed E-state index contributed by atoms with van der Waals surface area (Å²) in [5.41, 5.74) is 7.05. The lowest BCUT2D eigenvalue weighted by Crippen LogP contribution is -2.58. The number of hydrogen-bond acceptors (Lipinski definition) is 4. The molecule has 1 amide bonds. The first-order chi connectivity index (χ1) is 10.7. The maximum atomic E-state index is 12.9. The van der Waals surface area contributed by atoms with Gasteiger partial charge >= 0.3 is 0 Å². The molecule has 22 heavy (non-hydrogen) atoms. The second-order valence-corrected chi connectivity index (χ2v) is 6.07. The molecule has 0 radical (unpaired) electrons. The van der Waals surface area contributed by atoms with E-state index in [1.54, 1.807) is 7.11 Å². The van der Waals surface area contributed by atoms with Gasteiger partial charge in [-0.2, -0.15) is 0 Å². The molecule has 5 heteroatoms. The molecule has 2 fully saturated rings. The summed E-state index contributed by atoms with van der Waals surface area (Å²) in [7, 11) is 1.73. The molecule has 0 bridgehead atoms. The van der Waals surface area contributed by atoms with Crippen LogP contribution < -0.4 is 5.73 Å². The Morgan fingerprint density at radius 2 is 2.14 bits per heavy atom. The Bertz CT molecular complexity index is 508. The number of methoxy groups -OCH3 is 1. The summed E-state index contributed by atoms with van der Waals surface area (Å²) in [5, 5.41) is 0. The Kier molecular flexibility index (Phi) is 4.76. The highest BCUT2D eigenvalue weighted by atomic mass is 16.5. The van der Waals surface area contributed by atoms with Gasteiger partial charge in [0, 0.05) is 13.7 Å². The van der Waals surface area contributed by atoms with E-state index in [1.165, 1.54) is 0 Å². The highest BCUT2D eigenvalue weighted by Gasteiger charge is 2.41. The van der Waals surface area contributed by atoms with Crippen LogP contribution in [0.3, 0.4) is 0 Å². The Labute approximate surface area is 131 Å². The van der Waals surface area contributed by atoms with Gasteiger partial charge in [-0.3, -0.25) is 4.79 Å². The van der Waals surface area contributed by atoms with Crippen molar-refractivity contribution in [3.8, 4) is 0 Å². The Morgan fingerprint density at radius 3 is 2.86 bits per heavy atom. The van der Waals surface area contributed by atoms with E-state index in [-0.39, 0.29) is 24.2 Å². The van der Waals surface area contributed by atoms with Gasteiger partial charge in [-0.25, -0.2) is 0 Å². The molecule has 0 aromatic heterocycles. The summed E-state index contributed by atoms with van der Waals surface area (Å²) in [6.45, 7) is 1.20. The molecule has 1 saturated heterocycles. The van der Waals surface area contributed by atoms with Crippen LogP contribution in [0.1, 0.15) is 30.9 Å². The van der Waals surface area contributed by atoms with Crippen molar-refractivity contribution in [1.82, 2.24) is 4.90 Å². The van der Waals surface area contributed by atoms with Gasteiger partial charge in [0.05, 0.1) is 24.9 Å². The smallest absolute Gasteiger partial charge is 0.244 e. The molecular formula is C17H24N2O3. The fourth-order valence-electron chi connectivity index (χ4n) is 3.54. The van der Waals surface area contributed by atoms with Crippen LogP contribution in [-0.2, 0) is 14.3 Å². The highest BCUT2D eigenvalue weighted by Crippen LogP contribution is 2.31. The van der Waals surface area contributed by atoms with Crippen LogP contribution in [0, 0.1) is 0 Å². The van der Waals surface area contributed by atoms with E-state index in [0.717, 1.165) is 24.8 Å². The van der Waals surface area contributed by atoms with Gasteiger partial charge in [-0.15, -0.1) is 0 Å². The summed E-state index contributed by atoms with van der Waals surface area (Å²) in [6, 6.07) is 9.02. The van der Waals surface area contributed by atoms with Crippen LogP contribution in [0.15, 0.2) is 30.3 Å². The van der Waals surface area contributed by atoms with Crippen molar-refractivity contribution in [3.63, 3.8) is 0 Å². The number of rotatable bonds is 3. The minimum absolute atomic E-state index is 0.0127. The fourth-order valence-corrected chi connectivity index (χ4v) is 3.54. The lowest BCUT2D eigenvalue weighted by Gasteiger charge is -2.46. The highest BCUT2D eigenvalue weighted by molar-refractivity contribution is 5.83. The van der Waals surface area contributed by atoms with Crippen molar-refractivity contribution in [2.45, 2.75) is 43.6 Å². The lowest BCUT2D eigenvalue weighted by atomic mass is 9.87. The van der Waals surface area contributed by atoms with E-state index in [1.807, 2.05) is 35.2 Å². The second kappa shape index (κ2) is 6.77. The van der Waals surface area contributed by atoms with E-state index in [9.17, 15) is 4.79 Å². The maximum Gasteiger partial charge on any atom is 0.244 e. The monoisotopic (exact) mass is 304 g/mol. The Balaban J connectivity index is 1.75. The molecule has 1 saturated carbocycles. The van der Waals surface area contributed by atoms with Crippen molar-refractivity contribution < 1.29 is 14.3 Å². The third-order valence-electron chi connectivity index (χ3n) is 4.81. The molecule has 1 heterocycles. The molecular weight excluding hydrogens is 280 g/mol. The number of benzene rings is 1. The van der Waals surface area contributed by atoms with Gasteiger partial charge in [0.25, 0.3) is 0 Å². The molecule has 2 N–H and O–H groups in total. The largest absolute Gasteiger partial charge is 0.381 e. The topological polar surface area (TPSA) is 64.8 Å². The Morgan fingerprint density at radius 1 is 1.36 bits per heavy atom. The molecule has 3 rings (SSSR count). The molecule has 1 aromatic rings. The van der Waals surface area contributed by atoms with E-state index in [2.05, 4.69) is 0 Å². The van der Waals surface area contributed by atoms with E-state index < -0.39 is 6.04 Å². The number of carbonyl (C=O) groups excluding carboxylic acids is 1. The van der Waals surface area contributed by atoms with E-state index in [0.29, 0.717) is 13.2 Å². The second-order valence-electron chi connectivity index (χ2n) is 6.07. The quantitative estimate of drug-likeness (QED) is 0.918. The predicted octanol–water partition coefficient (Wildman–Crippen LogP) is 1.48. The number of hydrogen-bond donors (Lipinski definition) is 1. The standard InChI is InChI=1S/C17H24N2O3/c1-21-13-7-8-15-14(11-13)19(9-10-22-15)17(20)16(18)12-5-3-2-4-6-12/h2-6,13-16H,7-11,18H2,1H3/t13-,14-,15+,16+/m1/s1. The van der Waals surface area contributed by atoms with Gasteiger partial charge in [-0.05, 0) is 24.8 Å². The molecule has 1 aliphatic carbocycles. The van der Waals surface area contributed by atoms with E-state index >= 15 is 0 Å². The average Bonchev–Trinajstić information content (AvgIpc) is 2.60. The van der Waals surface area contributed by atoms with Gasteiger partial charge < -0.3 is 20.1 Å². The zero-order chi connectivity index (χ0) is 15.5. The van der Waals surface area contributed by atoms with Gasteiger partial charge in [0.15, 0.2) is 0 Å². The average molecular weight is 304 g/mol. The van der Waals surface area contributed by atoms with Crippen molar-refractivity contribution in [2.24, 2.45) is 5.73 Å². The van der Waals surface area contributed by atoms with Crippen LogP contribution in [0.5, 0.6) is 0 Å². The minimum Gasteiger partial charge on any atom is -0.381 e. The van der Waals surface area contributed by atoms with Gasteiger partial charge in [-0.1, -0.05) is 30.3 Å². The molecule has 4 atom stereocenters. The number of ether oxygens (including phenoxy) is 2. The van der Waals surface area contributed by atoms with Crippen molar-refractivity contribution in [1.29, 1.82) is 0 Å². The summed E-state index contributed by atoms with van der Waals surface area (Å²) in [5.74, 6) is -0.0127. The molecule has 0 unspecified atom stereocenters. The maximum absolute atomic E-state index is 12.9. The molecule has 1 aromatic carbocycles. The minimum atomic E-state index is -0.608. The van der Waals surface area contributed by atoms with Crippen LogP contribution in [0.25, 0.3) is 0 Å². The first-order valence-corrected chi connectivity index (χ1v) is 7.96. The van der Waals surface area contributed by atoms with Crippen LogP contribution >= 0.6 is 0 Å². The van der Waals surface area contributed by atoms with Crippen LogP contribution in [0.2, 0.25) is 0 Å². The SMILES string of the molecule is CO[C@@H]1CC[C@@H]2OCCN(C(=O)[C@@H](N)c3ccccc3)[C@@H]2C1. The number of nitrogens with two attached hydrogens (primary N) is 1. The summed E-state index contributed by atoms with van der Waals surface area (Å²) < 4.78 is 11.3. The molecule has 5 nitrogen and oxygen atoms in total.